The lowest BCUT2D eigenvalue weighted by Gasteiger charge is -2.20. The number of aryl methyl sites for hydroxylation is 4. The molecule has 0 aromatic heterocycles. The van der Waals surface area contributed by atoms with E-state index in [2.05, 4.69) is 23.5 Å². The molecule has 3 nitrogen and oxygen atoms in total. The standard InChI is InChI=1S/C22H27NO2/c1-14-8-9-15(2)21(12-14)25-17(4)22(24)23-16(3)19-11-10-18-6-5-7-20(18)13-19/h8-13,16-17H,5-7H2,1-4H3,(H,23,24)/t16-,17+/m0/s1. The summed E-state index contributed by atoms with van der Waals surface area (Å²) in [7, 11) is 0. The van der Waals surface area contributed by atoms with E-state index in [-0.39, 0.29) is 11.9 Å². The third-order valence-corrected chi connectivity index (χ3v) is 5.00. The van der Waals surface area contributed by atoms with Gasteiger partial charge in [-0.15, -0.1) is 0 Å². The van der Waals surface area contributed by atoms with Crippen LogP contribution in [0.1, 0.15) is 54.1 Å². The third kappa shape index (κ3) is 4.04. The van der Waals surface area contributed by atoms with Gasteiger partial charge < -0.3 is 10.1 Å². The molecule has 2 aromatic carbocycles. The van der Waals surface area contributed by atoms with Crippen LogP contribution in [0.4, 0.5) is 0 Å². The molecule has 25 heavy (non-hydrogen) atoms. The molecule has 1 aliphatic rings. The molecule has 1 amide bonds. The maximum atomic E-state index is 12.5. The van der Waals surface area contributed by atoms with E-state index in [1.54, 1.807) is 6.92 Å². The van der Waals surface area contributed by atoms with Gasteiger partial charge in [0.1, 0.15) is 5.75 Å². The van der Waals surface area contributed by atoms with Gasteiger partial charge in [0.25, 0.3) is 5.91 Å². The van der Waals surface area contributed by atoms with Crippen molar-refractivity contribution in [3.05, 3.63) is 64.2 Å². The first kappa shape index (κ1) is 17.5. The molecular weight excluding hydrogens is 310 g/mol. The zero-order chi connectivity index (χ0) is 18.0. The number of ether oxygens (including phenoxy) is 1. The SMILES string of the molecule is Cc1ccc(C)c(O[C@H](C)C(=O)N[C@@H](C)c2ccc3c(c2)CCC3)c1. The van der Waals surface area contributed by atoms with E-state index in [1.807, 2.05) is 39.0 Å². The summed E-state index contributed by atoms with van der Waals surface area (Å²) >= 11 is 0. The third-order valence-electron chi connectivity index (χ3n) is 5.00. The largest absolute Gasteiger partial charge is 0.481 e. The number of fused-ring (bicyclic) bond motifs is 1. The molecule has 0 fully saturated rings. The van der Waals surface area contributed by atoms with Crippen molar-refractivity contribution in [1.29, 1.82) is 0 Å². The van der Waals surface area contributed by atoms with Crippen LogP contribution in [0.5, 0.6) is 5.75 Å². The Morgan fingerprint density at radius 2 is 1.80 bits per heavy atom. The zero-order valence-electron chi connectivity index (χ0n) is 15.6. The average molecular weight is 337 g/mol. The first-order valence-corrected chi connectivity index (χ1v) is 9.10. The Bertz CT molecular complexity index is 782. The monoisotopic (exact) mass is 337 g/mol. The van der Waals surface area contributed by atoms with Crippen molar-refractivity contribution >= 4 is 5.91 Å². The summed E-state index contributed by atoms with van der Waals surface area (Å²) in [6.07, 6.45) is 3.03. The fourth-order valence-corrected chi connectivity index (χ4v) is 3.35. The second-order valence-electron chi connectivity index (χ2n) is 7.14. The van der Waals surface area contributed by atoms with Crippen LogP contribution in [0.25, 0.3) is 0 Å². The van der Waals surface area contributed by atoms with Crippen LogP contribution in [0.2, 0.25) is 0 Å². The molecule has 0 heterocycles. The highest BCUT2D eigenvalue weighted by Crippen LogP contribution is 2.25. The molecule has 0 unspecified atom stereocenters. The first-order valence-electron chi connectivity index (χ1n) is 9.10. The lowest BCUT2D eigenvalue weighted by Crippen LogP contribution is -2.37. The number of carbonyl (C=O) groups is 1. The summed E-state index contributed by atoms with van der Waals surface area (Å²) in [6, 6.07) is 12.6. The number of amides is 1. The number of rotatable bonds is 5. The summed E-state index contributed by atoms with van der Waals surface area (Å²) in [5.41, 5.74) is 6.21. The van der Waals surface area contributed by atoms with E-state index in [1.165, 1.54) is 24.0 Å². The van der Waals surface area contributed by atoms with Crippen LogP contribution in [0.3, 0.4) is 0 Å². The van der Waals surface area contributed by atoms with E-state index in [0.29, 0.717) is 0 Å². The van der Waals surface area contributed by atoms with Crippen molar-refractivity contribution < 1.29 is 9.53 Å². The van der Waals surface area contributed by atoms with Crippen molar-refractivity contribution in [2.45, 2.75) is 59.1 Å². The molecular formula is C22H27NO2. The van der Waals surface area contributed by atoms with E-state index in [4.69, 9.17) is 4.74 Å². The van der Waals surface area contributed by atoms with E-state index < -0.39 is 6.10 Å². The molecule has 2 aromatic rings. The number of carbonyl (C=O) groups excluding carboxylic acids is 1. The van der Waals surface area contributed by atoms with Crippen LogP contribution >= 0.6 is 0 Å². The minimum Gasteiger partial charge on any atom is -0.481 e. The van der Waals surface area contributed by atoms with Crippen molar-refractivity contribution in [3.8, 4) is 5.75 Å². The lowest BCUT2D eigenvalue weighted by molar-refractivity contribution is -0.127. The Hall–Kier alpha value is -2.29. The molecule has 0 aliphatic heterocycles. The van der Waals surface area contributed by atoms with Crippen molar-refractivity contribution in [2.75, 3.05) is 0 Å². The summed E-state index contributed by atoms with van der Waals surface area (Å²) in [4.78, 5) is 12.5. The molecule has 0 spiro atoms. The molecule has 0 saturated heterocycles. The topological polar surface area (TPSA) is 38.3 Å². The van der Waals surface area contributed by atoms with Gasteiger partial charge in [-0.05, 0) is 80.8 Å². The molecule has 2 atom stereocenters. The smallest absolute Gasteiger partial charge is 0.261 e. The zero-order valence-corrected chi connectivity index (χ0v) is 15.6. The van der Waals surface area contributed by atoms with Gasteiger partial charge in [0.15, 0.2) is 6.10 Å². The van der Waals surface area contributed by atoms with Crippen LogP contribution in [-0.4, -0.2) is 12.0 Å². The summed E-state index contributed by atoms with van der Waals surface area (Å²) in [5.74, 6) is 0.682. The van der Waals surface area contributed by atoms with Gasteiger partial charge in [-0.3, -0.25) is 4.79 Å². The van der Waals surface area contributed by atoms with Gasteiger partial charge in [0, 0.05) is 0 Å². The first-order chi connectivity index (χ1) is 11.9. The van der Waals surface area contributed by atoms with Gasteiger partial charge in [-0.1, -0.05) is 30.3 Å². The highest BCUT2D eigenvalue weighted by molar-refractivity contribution is 5.81. The van der Waals surface area contributed by atoms with E-state index in [9.17, 15) is 4.79 Å². The van der Waals surface area contributed by atoms with Crippen molar-refractivity contribution in [2.24, 2.45) is 0 Å². The van der Waals surface area contributed by atoms with Crippen LogP contribution in [0, 0.1) is 13.8 Å². The highest BCUT2D eigenvalue weighted by atomic mass is 16.5. The van der Waals surface area contributed by atoms with Crippen LogP contribution in [-0.2, 0) is 17.6 Å². The van der Waals surface area contributed by atoms with Gasteiger partial charge in [-0.25, -0.2) is 0 Å². The fourth-order valence-electron chi connectivity index (χ4n) is 3.35. The predicted molar refractivity (Wildman–Crippen MR) is 101 cm³/mol. The average Bonchev–Trinajstić information content (AvgIpc) is 3.05. The molecule has 0 bridgehead atoms. The van der Waals surface area contributed by atoms with Gasteiger partial charge in [-0.2, -0.15) is 0 Å². The summed E-state index contributed by atoms with van der Waals surface area (Å²) in [6.45, 7) is 7.84. The fraction of sp³-hybridized carbons (Fsp3) is 0.409. The quantitative estimate of drug-likeness (QED) is 0.876. The molecule has 3 rings (SSSR count). The Kier molecular flexibility index (Phi) is 5.12. The summed E-state index contributed by atoms with van der Waals surface area (Å²) < 4.78 is 5.89. The lowest BCUT2D eigenvalue weighted by atomic mass is 10.0. The van der Waals surface area contributed by atoms with Crippen LogP contribution < -0.4 is 10.1 Å². The Balaban J connectivity index is 1.63. The van der Waals surface area contributed by atoms with E-state index >= 15 is 0 Å². The van der Waals surface area contributed by atoms with Gasteiger partial charge in [0.05, 0.1) is 6.04 Å². The van der Waals surface area contributed by atoms with Crippen LogP contribution in [0.15, 0.2) is 36.4 Å². The highest BCUT2D eigenvalue weighted by Gasteiger charge is 2.20. The predicted octanol–water partition coefficient (Wildman–Crippen LogP) is 4.44. The normalized spacial score (nSPS) is 15.4. The molecule has 0 saturated carbocycles. The van der Waals surface area contributed by atoms with Crippen molar-refractivity contribution in [3.63, 3.8) is 0 Å². The van der Waals surface area contributed by atoms with Crippen molar-refractivity contribution in [1.82, 2.24) is 5.32 Å². The number of nitrogens with one attached hydrogen (secondary N) is 1. The number of hydrogen-bond acceptors (Lipinski definition) is 2. The number of hydrogen-bond donors (Lipinski definition) is 1. The minimum atomic E-state index is -0.530. The molecule has 132 valence electrons. The number of benzene rings is 2. The molecule has 3 heteroatoms. The maximum absolute atomic E-state index is 12.5. The van der Waals surface area contributed by atoms with Gasteiger partial charge in [0.2, 0.25) is 0 Å². The molecule has 1 N–H and O–H groups in total. The minimum absolute atomic E-state index is 0.0249. The molecule has 0 radical (unpaired) electrons. The Morgan fingerprint density at radius 3 is 2.60 bits per heavy atom. The summed E-state index contributed by atoms with van der Waals surface area (Å²) in [5, 5.41) is 3.08. The second-order valence-corrected chi connectivity index (χ2v) is 7.14. The van der Waals surface area contributed by atoms with Gasteiger partial charge >= 0.3 is 0 Å². The second kappa shape index (κ2) is 7.30. The molecule has 1 aliphatic carbocycles. The van der Waals surface area contributed by atoms with E-state index in [0.717, 1.165) is 28.9 Å². The maximum Gasteiger partial charge on any atom is 0.261 e. The Labute approximate surface area is 150 Å². The Morgan fingerprint density at radius 1 is 1.04 bits per heavy atom.